The Morgan fingerprint density at radius 3 is 1.29 bits per heavy atom. The average Bonchev–Trinajstić information content (AvgIpc) is 3.02. The Labute approximate surface area is 140 Å². The normalized spacial score (nSPS) is 10.4. The topological polar surface area (TPSA) is 86.0 Å². The van der Waals surface area contributed by atoms with Gasteiger partial charge in [0.05, 0.1) is 0 Å². The van der Waals surface area contributed by atoms with Gasteiger partial charge in [0.25, 0.3) is 0 Å². The molecule has 0 atom stereocenters. The summed E-state index contributed by atoms with van der Waals surface area (Å²) in [7, 11) is 0. The molecule has 3 aromatic heterocycles. The van der Waals surface area contributed by atoms with Crippen molar-refractivity contribution >= 4 is 23.5 Å². The van der Waals surface area contributed by atoms with Crippen molar-refractivity contribution in [3.63, 3.8) is 0 Å². The zero-order chi connectivity index (χ0) is 10.8. The first kappa shape index (κ1) is 12.8. The molecule has 0 spiro atoms. The van der Waals surface area contributed by atoms with Gasteiger partial charge in [0, 0.05) is 25.3 Å². The van der Waals surface area contributed by atoms with E-state index in [0.29, 0.717) is 0 Å². The van der Waals surface area contributed by atoms with Crippen LogP contribution in [0.25, 0.3) is 0 Å². The Hall–Kier alpha value is -0.669. The molecule has 3 heterocycles. The minimum Gasteiger partial charge on any atom is -0.324 e. The van der Waals surface area contributed by atoms with Gasteiger partial charge in [0.1, 0.15) is 0 Å². The Kier molecular flexibility index (Phi) is 4.35. The summed E-state index contributed by atoms with van der Waals surface area (Å²) in [6, 6.07) is 5.81. The monoisotopic (exact) mass is 251 g/mol. The van der Waals surface area contributed by atoms with Crippen LogP contribution < -0.4 is 68.2 Å². The molecule has 1 radical (unpaired) electrons. The third kappa shape index (κ3) is 2.61. The third-order valence-corrected chi connectivity index (χ3v) is 2.50. The van der Waals surface area contributed by atoms with Crippen molar-refractivity contribution in [1.82, 2.24) is 30.6 Å². The fourth-order valence-electron chi connectivity index (χ4n) is 1.78. The Morgan fingerprint density at radius 2 is 1.06 bits per heavy atom. The molecule has 8 heteroatoms. The molecule has 0 bridgehead atoms. The summed E-state index contributed by atoms with van der Waals surface area (Å²) in [5, 5.41) is 20.8. The number of nitrogens with one attached hydrogen (secondary N) is 3. The van der Waals surface area contributed by atoms with E-state index in [-0.39, 0.29) is 58.1 Å². The summed E-state index contributed by atoms with van der Waals surface area (Å²) < 4.78 is 0. The summed E-state index contributed by atoms with van der Waals surface area (Å²) >= 11 is 0. The molecule has 0 saturated carbocycles. The third-order valence-electron chi connectivity index (χ3n) is 2.50. The molecule has 0 aliphatic carbocycles. The van der Waals surface area contributed by atoms with Crippen LogP contribution in [0, 0.1) is 0 Å². The van der Waals surface area contributed by atoms with Crippen LogP contribution in [0.5, 0.6) is 0 Å². The van der Waals surface area contributed by atoms with E-state index in [1.807, 2.05) is 18.2 Å². The van der Waals surface area contributed by atoms with Crippen molar-refractivity contribution in [3.8, 4) is 0 Å². The number of aromatic amines is 3. The standard InChI is InChI=1S/C9H9BN6.K/c1-4-11-14-7(1)10(8-2-5-12-15-8)9-3-6-13-16-9;/h1-6H,(H,11,14)(H,12,15)(H,13,16);/q-1;+1. The number of hydrogen-bond donors (Lipinski definition) is 3. The predicted molar refractivity (Wildman–Crippen MR) is 60.4 cm³/mol. The van der Waals surface area contributed by atoms with E-state index < -0.39 is 0 Å². The number of aromatic nitrogens is 6. The average molecular weight is 251 g/mol. The first-order valence-electron chi connectivity index (χ1n) is 4.93. The minimum absolute atomic E-state index is 0. The van der Waals surface area contributed by atoms with Gasteiger partial charge in [-0.05, 0) is 0 Å². The van der Waals surface area contributed by atoms with Gasteiger partial charge in [-0.1, -0.05) is 18.2 Å². The summed E-state index contributed by atoms with van der Waals surface area (Å²) in [5.74, 6) is 0. The summed E-state index contributed by atoms with van der Waals surface area (Å²) in [4.78, 5) is 0. The minimum atomic E-state index is 0. The molecule has 0 aromatic carbocycles. The van der Waals surface area contributed by atoms with Crippen molar-refractivity contribution in [2.24, 2.45) is 0 Å². The van der Waals surface area contributed by atoms with Gasteiger partial charge in [-0.3, -0.25) is 0 Å². The molecule has 0 aliphatic heterocycles. The van der Waals surface area contributed by atoms with Crippen molar-refractivity contribution in [3.05, 3.63) is 36.8 Å². The maximum atomic E-state index is 3.97. The number of H-pyrrole nitrogens is 3. The van der Waals surface area contributed by atoms with E-state index in [2.05, 4.69) is 30.6 Å². The van der Waals surface area contributed by atoms with Crippen LogP contribution >= 0.6 is 0 Å². The van der Waals surface area contributed by atoms with Gasteiger partial charge >= 0.3 is 51.4 Å². The van der Waals surface area contributed by atoms with E-state index in [1.165, 1.54) is 0 Å². The second-order valence-corrected chi connectivity index (χ2v) is 3.47. The molecule has 3 rings (SSSR count). The summed E-state index contributed by atoms with van der Waals surface area (Å²) in [6.07, 6.45) is 5.19. The summed E-state index contributed by atoms with van der Waals surface area (Å²) in [6.45, 7) is 0.0347. The van der Waals surface area contributed by atoms with Crippen LogP contribution in [0.2, 0.25) is 0 Å². The molecule has 0 amide bonds. The first-order valence-corrected chi connectivity index (χ1v) is 4.93. The van der Waals surface area contributed by atoms with Gasteiger partial charge in [-0.15, -0.1) is 16.8 Å². The molecule has 0 fully saturated rings. The van der Waals surface area contributed by atoms with Crippen molar-refractivity contribution in [2.75, 3.05) is 0 Å². The molecule has 3 N–H and O–H groups in total. The van der Waals surface area contributed by atoms with Crippen molar-refractivity contribution in [1.29, 1.82) is 0 Å². The second kappa shape index (κ2) is 5.78. The Morgan fingerprint density at radius 1 is 0.706 bits per heavy atom. The quantitative estimate of drug-likeness (QED) is 0.409. The molecule has 3 aromatic rings. The molecular formula is C9H9BKN6. The van der Waals surface area contributed by atoms with Gasteiger partial charge in [-0.2, -0.15) is 15.3 Å². The fraction of sp³-hybridized carbons (Fsp3) is 0. The molecule has 0 unspecified atom stereocenters. The number of hydrogen-bond acceptors (Lipinski definition) is 3. The van der Waals surface area contributed by atoms with E-state index in [4.69, 9.17) is 0 Å². The number of nitrogens with zero attached hydrogens (tertiary/aromatic N) is 3. The van der Waals surface area contributed by atoms with Crippen molar-refractivity contribution < 1.29 is 51.4 Å². The molecule has 17 heavy (non-hydrogen) atoms. The fourth-order valence-corrected chi connectivity index (χ4v) is 1.78. The van der Waals surface area contributed by atoms with E-state index in [1.54, 1.807) is 18.6 Å². The van der Waals surface area contributed by atoms with Gasteiger partial charge in [0.2, 0.25) is 0 Å². The van der Waals surface area contributed by atoms with Crippen molar-refractivity contribution in [2.45, 2.75) is 0 Å². The predicted octanol–water partition coefficient (Wildman–Crippen LogP) is -4.62. The van der Waals surface area contributed by atoms with Crippen LogP contribution in [0.4, 0.5) is 0 Å². The van der Waals surface area contributed by atoms with Crippen LogP contribution in [-0.4, -0.2) is 37.3 Å². The van der Waals surface area contributed by atoms with Gasteiger partial charge in [0.15, 0.2) is 0 Å². The van der Waals surface area contributed by atoms with E-state index in [9.17, 15) is 0 Å². The molecule has 0 aliphatic rings. The maximum Gasteiger partial charge on any atom is 1.00 e. The zero-order valence-corrected chi connectivity index (χ0v) is 12.5. The van der Waals surface area contributed by atoms with Crippen LogP contribution in [0.15, 0.2) is 36.8 Å². The first-order chi connectivity index (χ1) is 7.95. The van der Waals surface area contributed by atoms with Gasteiger partial charge in [-0.25, -0.2) is 0 Å². The second-order valence-electron chi connectivity index (χ2n) is 3.47. The smallest absolute Gasteiger partial charge is 0.324 e. The maximum absolute atomic E-state index is 3.97. The Bertz CT molecular complexity index is 451. The molecule has 6 nitrogen and oxygen atoms in total. The van der Waals surface area contributed by atoms with Gasteiger partial charge < -0.3 is 15.3 Å². The van der Waals surface area contributed by atoms with E-state index >= 15 is 0 Å². The molecule has 0 saturated heterocycles. The van der Waals surface area contributed by atoms with E-state index in [0.717, 1.165) is 16.8 Å². The molecular weight excluding hydrogens is 242 g/mol. The van der Waals surface area contributed by atoms with Crippen LogP contribution in [0.1, 0.15) is 0 Å². The SMILES string of the molecule is [K+].c1cc([B-](c2ccn[nH]2)c2ccn[nH]2)[nH]n1. The number of rotatable bonds is 3. The summed E-state index contributed by atoms with van der Waals surface area (Å²) in [5.41, 5.74) is 2.98. The zero-order valence-electron chi connectivity index (χ0n) is 9.38. The Balaban J connectivity index is 0.00000108. The molecule has 79 valence electrons. The van der Waals surface area contributed by atoms with Crippen LogP contribution in [0.3, 0.4) is 0 Å². The van der Waals surface area contributed by atoms with Crippen LogP contribution in [-0.2, 0) is 0 Å². The largest absolute Gasteiger partial charge is 1.00 e.